The summed E-state index contributed by atoms with van der Waals surface area (Å²) in [6.45, 7) is 4.29. The highest BCUT2D eigenvalue weighted by Gasteiger charge is 2.44. The zero-order chi connectivity index (χ0) is 28.7. The molecule has 1 aliphatic heterocycles. The minimum atomic E-state index is -3.30. The van der Waals surface area contributed by atoms with Crippen LogP contribution in [0.2, 0.25) is 0 Å². The number of aromatic nitrogens is 1. The van der Waals surface area contributed by atoms with E-state index in [1.165, 1.54) is 18.4 Å². The van der Waals surface area contributed by atoms with E-state index in [4.69, 9.17) is 13.9 Å². The molecule has 0 radical (unpaired) electrons. The molecule has 3 aromatic carbocycles. The summed E-state index contributed by atoms with van der Waals surface area (Å²) >= 11 is 0. The Bertz CT molecular complexity index is 1670. The Morgan fingerprint density at radius 2 is 1.83 bits per heavy atom. The first-order valence-electron chi connectivity index (χ1n) is 14.2. The van der Waals surface area contributed by atoms with Gasteiger partial charge in [-0.25, -0.2) is 17.8 Å². The number of benzene rings is 3. The van der Waals surface area contributed by atoms with Gasteiger partial charge in [-0.1, -0.05) is 12.1 Å². The molecule has 1 saturated carbocycles. The van der Waals surface area contributed by atoms with Crippen molar-refractivity contribution in [3.8, 4) is 22.6 Å². The Morgan fingerprint density at radius 1 is 1.05 bits per heavy atom. The third-order valence-corrected chi connectivity index (χ3v) is 9.69. The van der Waals surface area contributed by atoms with Gasteiger partial charge in [-0.3, -0.25) is 4.90 Å². The minimum Gasteiger partial charge on any atom is -0.496 e. The molecular weight excluding hydrogens is 543 g/mol. The van der Waals surface area contributed by atoms with E-state index in [-0.39, 0.29) is 10.7 Å². The molecule has 0 amide bonds. The SMILES string of the molecule is CCOc1cc(CN2CC[C@H]3C(Cc4nc5cc(S(C)(=O)=O)ccc5o4)CC[C@H]32)cc(OC)c1-c1ccc(F)cc1. The van der Waals surface area contributed by atoms with Gasteiger partial charge in [-0.05, 0) is 98.2 Å². The lowest BCUT2D eigenvalue weighted by Crippen LogP contribution is -2.30. The molecule has 1 saturated heterocycles. The molecule has 0 spiro atoms. The second-order valence-corrected chi connectivity index (χ2v) is 13.2. The Morgan fingerprint density at radius 3 is 2.56 bits per heavy atom. The standard InChI is InChI=1S/C32H35FN2O5S/c1-4-39-30-16-20(15-29(38-2)32(30)21-5-8-23(33)9-6-21)19-35-14-13-25-22(7-11-27(25)35)17-31-34-26-18-24(41(3,36)37)10-12-28(26)40-31/h5-6,8-10,12,15-16,18,22,25,27H,4,7,11,13-14,17,19H2,1-3H3/t22?,25-,27+/m0/s1. The molecule has 216 valence electrons. The van der Waals surface area contributed by atoms with E-state index in [0.29, 0.717) is 47.2 Å². The molecule has 4 aromatic rings. The van der Waals surface area contributed by atoms with Crippen LogP contribution in [0.1, 0.15) is 37.6 Å². The lowest BCUT2D eigenvalue weighted by atomic mass is 9.90. The van der Waals surface area contributed by atoms with Crippen molar-refractivity contribution < 1.29 is 26.7 Å². The lowest BCUT2D eigenvalue weighted by Gasteiger charge is -2.25. The number of methoxy groups -OCH3 is 1. The van der Waals surface area contributed by atoms with E-state index in [0.717, 1.165) is 61.2 Å². The number of halogens is 1. The van der Waals surface area contributed by atoms with Crippen LogP contribution in [0.25, 0.3) is 22.2 Å². The average Bonchev–Trinajstić information content (AvgIpc) is 3.65. The quantitative estimate of drug-likeness (QED) is 0.231. The molecule has 1 unspecified atom stereocenters. The Kier molecular flexibility index (Phi) is 7.50. The molecule has 9 heteroatoms. The fourth-order valence-corrected chi connectivity index (χ4v) is 7.38. The molecule has 41 heavy (non-hydrogen) atoms. The van der Waals surface area contributed by atoms with E-state index >= 15 is 0 Å². The molecule has 0 bridgehead atoms. The van der Waals surface area contributed by atoms with Crippen LogP contribution in [-0.2, 0) is 22.8 Å². The predicted octanol–water partition coefficient (Wildman–Crippen LogP) is 6.29. The van der Waals surface area contributed by atoms with Gasteiger partial charge in [0.25, 0.3) is 0 Å². The van der Waals surface area contributed by atoms with Crippen molar-refractivity contribution in [3.05, 3.63) is 71.9 Å². The summed E-state index contributed by atoms with van der Waals surface area (Å²) in [5.74, 6) is 2.89. The normalized spacial score (nSPS) is 20.9. The zero-order valence-corrected chi connectivity index (χ0v) is 24.4. The average molecular weight is 579 g/mol. The summed E-state index contributed by atoms with van der Waals surface area (Å²) < 4.78 is 55.3. The number of rotatable bonds is 9. The number of hydrogen-bond acceptors (Lipinski definition) is 7. The topological polar surface area (TPSA) is 81.9 Å². The van der Waals surface area contributed by atoms with Gasteiger partial charge in [0, 0.05) is 25.3 Å². The molecule has 6 rings (SSSR count). The highest BCUT2D eigenvalue weighted by atomic mass is 32.2. The predicted molar refractivity (Wildman–Crippen MR) is 155 cm³/mol. The van der Waals surface area contributed by atoms with Crippen LogP contribution in [0.5, 0.6) is 11.5 Å². The summed E-state index contributed by atoms with van der Waals surface area (Å²) in [6.07, 6.45) is 5.31. The number of likely N-dealkylation sites (tertiary alicyclic amines) is 1. The van der Waals surface area contributed by atoms with Gasteiger partial charge in [-0.2, -0.15) is 0 Å². The van der Waals surface area contributed by atoms with E-state index in [1.54, 1.807) is 37.4 Å². The maximum absolute atomic E-state index is 13.6. The number of nitrogens with zero attached hydrogens (tertiary/aromatic N) is 2. The summed E-state index contributed by atoms with van der Waals surface area (Å²) in [5.41, 5.74) is 4.03. The molecule has 2 fully saturated rings. The molecular formula is C32H35FN2O5S. The van der Waals surface area contributed by atoms with Crippen molar-refractivity contribution in [2.45, 2.75) is 50.1 Å². The third kappa shape index (κ3) is 5.57. The van der Waals surface area contributed by atoms with Crippen molar-refractivity contribution in [2.24, 2.45) is 11.8 Å². The first kappa shape index (κ1) is 27.7. The summed E-state index contributed by atoms with van der Waals surface area (Å²) in [4.78, 5) is 7.47. The van der Waals surface area contributed by atoms with Crippen LogP contribution in [0.4, 0.5) is 4.39 Å². The number of sulfone groups is 1. The van der Waals surface area contributed by atoms with E-state index in [9.17, 15) is 12.8 Å². The maximum Gasteiger partial charge on any atom is 0.195 e. The van der Waals surface area contributed by atoms with Crippen molar-refractivity contribution in [1.29, 1.82) is 0 Å². The monoisotopic (exact) mass is 578 g/mol. The number of fused-ring (bicyclic) bond motifs is 2. The van der Waals surface area contributed by atoms with Gasteiger partial charge < -0.3 is 13.9 Å². The van der Waals surface area contributed by atoms with E-state index < -0.39 is 9.84 Å². The van der Waals surface area contributed by atoms with Crippen LogP contribution in [0.3, 0.4) is 0 Å². The summed E-state index contributed by atoms with van der Waals surface area (Å²) in [6, 6.07) is 15.9. The Labute approximate surface area is 240 Å². The van der Waals surface area contributed by atoms with Gasteiger partial charge >= 0.3 is 0 Å². The van der Waals surface area contributed by atoms with Crippen LogP contribution >= 0.6 is 0 Å². The van der Waals surface area contributed by atoms with Gasteiger partial charge in [0.2, 0.25) is 0 Å². The Hall–Kier alpha value is -3.43. The van der Waals surface area contributed by atoms with Crippen LogP contribution < -0.4 is 9.47 Å². The van der Waals surface area contributed by atoms with Gasteiger partial charge in [0.05, 0.1) is 24.2 Å². The largest absolute Gasteiger partial charge is 0.496 e. The number of oxazole rings is 1. The number of ether oxygens (including phenoxy) is 2. The fourth-order valence-electron chi connectivity index (χ4n) is 6.74. The molecule has 1 aromatic heterocycles. The first-order valence-corrected chi connectivity index (χ1v) is 16.1. The van der Waals surface area contributed by atoms with Crippen molar-refractivity contribution in [3.63, 3.8) is 0 Å². The zero-order valence-electron chi connectivity index (χ0n) is 23.6. The Balaban J connectivity index is 1.18. The van der Waals surface area contributed by atoms with E-state index in [2.05, 4.69) is 22.0 Å². The molecule has 2 heterocycles. The van der Waals surface area contributed by atoms with Gasteiger partial charge in [0.1, 0.15) is 22.8 Å². The van der Waals surface area contributed by atoms with Crippen molar-refractivity contribution in [2.75, 3.05) is 26.5 Å². The summed E-state index contributed by atoms with van der Waals surface area (Å²) in [5, 5.41) is 0. The van der Waals surface area contributed by atoms with Gasteiger partial charge in [-0.15, -0.1) is 0 Å². The first-order chi connectivity index (χ1) is 19.7. The highest BCUT2D eigenvalue weighted by Crippen LogP contribution is 2.45. The van der Waals surface area contributed by atoms with Gasteiger partial charge in [0.15, 0.2) is 21.3 Å². The smallest absolute Gasteiger partial charge is 0.195 e. The van der Waals surface area contributed by atoms with E-state index in [1.807, 2.05) is 6.92 Å². The highest BCUT2D eigenvalue weighted by molar-refractivity contribution is 7.90. The molecule has 7 nitrogen and oxygen atoms in total. The fraction of sp³-hybridized carbons (Fsp3) is 0.406. The molecule has 2 aliphatic rings. The van der Waals surface area contributed by atoms with Crippen molar-refractivity contribution >= 4 is 20.9 Å². The molecule has 1 aliphatic carbocycles. The lowest BCUT2D eigenvalue weighted by molar-refractivity contribution is 0.225. The molecule has 0 N–H and O–H groups in total. The van der Waals surface area contributed by atoms with Crippen molar-refractivity contribution in [1.82, 2.24) is 9.88 Å². The minimum absolute atomic E-state index is 0.257. The van der Waals surface area contributed by atoms with Crippen LogP contribution in [-0.4, -0.2) is 50.9 Å². The molecule has 3 atom stereocenters. The third-order valence-electron chi connectivity index (χ3n) is 8.58. The second-order valence-electron chi connectivity index (χ2n) is 11.2. The van der Waals surface area contributed by atoms with Crippen LogP contribution in [0.15, 0.2) is 63.9 Å². The second kappa shape index (κ2) is 11.1. The summed E-state index contributed by atoms with van der Waals surface area (Å²) in [7, 11) is -1.64. The van der Waals surface area contributed by atoms with Crippen LogP contribution in [0, 0.1) is 17.7 Å². The number of hydrogen-bond donors (Lipinski definition) is 0. The maximum atomic E-state index is 13.6.